The van der Waals surface area contributed by atoms with Crippen LogP contribution < -0.4 is 5.32 Å². The average Bonchev–Trinajstić information content (AvgIpc) is 2.23. The number of amides is 2. The van der Waals surface area contributed by atoms with E-state index in [9.17, 15) is 9.59 Å². The molecule has 0 aliphatic carbocycles. The van der Waals surface area contributed by atoms with Crippen LogP contribution in [0.15, 0.2) is 0 Å². The van der Waals surface area contributed by atoms with Crippen molar-refractivity contribution in [3.8, 4) is 11.8 Å². The number of carbonyl (C=O) groups excluding carboxylic acids is 1. The molecule has 0 bridgehead atoms. The van der Waals surface area contributed by atoms with Crippen LogP contribution in [0.1, 0.15) is 33.6 Å². The number of hydrogen-bond acceptors (Lipinski definition) is 2. The molecule has 5 nitrogen and oxygen atoms in total. The van der Waals surface area contributed by atoms with Gasteiger partial charge in [-0.1, -0.05) is 0 Å². The highest BCUT2D eigenvalue weighted by atomic mass is 16.4. The van der Waals surface area contributed by atoms with Gasteiger partial charge in [-0.05, 0) is 20.8 Å². The van der Waals surface area contributed by atoms with Crippen molar-refractivity contribution in [2.45, 2.75) is 39.7 Å². The highest BCUT2D eigenvalue weighted by Gasteiger charge is 2.16. The summed E-state index contributed by atoms with van der Waals surface area (Å²) in [5.41, 5.74) is 0. The monoisotopic (exact) mass is 240 g/mol. The number of urea groups is 1. The van der Waals surface area contributed by atoms with Crippen molar-refractivity contribution in [3.05, 3.63) is 0 Å². The first-order chi connectivity index (χ1) is 7.99. The Morgan fingerprint density at radius 3 is 2.53 bits per heavy atom. The molecule has 96 valence electrons. The summed E-state index contributed by atoms with van der Waals surface area (Å²) in [7, 11) is 0. The summed E-state index contributed by atoms with van der Waals surface area (Å²) >= 11 is 0. The molecule has 2 amide bonds. The number of carboxylic acid groups (broad SMARTS) is 1. The normalized spacial score (nSPS) is 9.41. The zero-order valence-corrected chi connectivity index (χ0v) is 10.6. The smallest absolute Gasteiger partial charge is 0.317 e. The first-order valence-corrected chi connectivity index (χ1v) is 5.65. The topological polar surface area (TPSA) is 69.6 Å². The van der Waals surface area contributed by atoms with E-state index in [1.54, 1.807) is 6.92 Å². The van der Waals surface area contributed by atoms with E-state index in [1.807, 2.05) is 13.8 Å². The summed E-state index contributed by atoms with van der Waals surface area (Å²) in [6.45, 7) is 6.16. The van der Waals surface area contributed by atoms with E-state index in [1.165, 1.54) is 4.90 Å². The van der Waals surface area contributed by atoms with Crippen molar-refractivity contribution < 1.29 is 14.7 Å². The van der Waals surface area contributed by atoms with Gasteiger partial charge in [0.05, 0.1) is 6.42 Å². The molecule has 0 radical (unpaired) electrons. The minimum Gasteiger partial charge on any atom is -0.481 e. The zero-order valence-electron chi connectivity index (χ0n) is 10.6. The molecular formula is C12H20N2O3. The molecule has 0 aliphatic heterocycles. The van der Waals surface area contributed by atoms with Gasteiger partial charge in [-0.2, -0.15) is 0 Å². The molecule has 0 saturated carbocycles. The van der Waals surface area contributed by atoms with Gasteiger partial charge in [-0.3, -0.25) is 4.79 Å². The van der Waals surface area contributed by atoms with E-state index in [0.29, 0.717) is 13.0 Å². The molecule has 0 heterocycles. The fourth-order valence-corrected chi connectivity index (χ4v) is 1.27. The molecule has 0 unspecified atom stereocenters. The van der Waals surface area contributed by atoms with Crippen LogP contribution in [0, 0.1) is 11.8 Å². The van der Waals surface area contributed by atoms with Crippen LogP contribution in [0.3, 0.4) is 0 Å². The van der Waals surface area contributed by atoms with Crippen LogP contribution in [0.4, 0.5) is 4.79 Å². The van der Waals surface area contributed by atoms with Gasteiger partial charge in [0.15, 0.2) is 0 Å². The van der Waals surface area contributed by atoms with Crippen molar-refractivity contribution in [1.82, 2.24) is 10.2 Å². The van der Waals surface area contributed by atoms with Gasteiger partial charge in [0.2, 0.25) is 0 Å². The Balaban J connectivity index is 4.13. The van der Waals surface area contributed by atoms with Gasteiger partial charge < -0.3 is 15.3 Å². The predicted octanol–water partition coefficient (Wildman–Crippen LogP) is 1.29. The van der Waals surface area contributed by atoms with E-state index < -0.39 is 5.97 Å². The van der Waals surface area contributed by atoms with Crippen molar-refractivity contribution in [3.63, 3.8) is 0 Å². The quantitative estimate of drug-likeness (QED) is 0.543. The van der Waals surface area contributed by atoms with Crippen molar-refractivity contribution >= 4 is 12.0 Å². The second-order valence-corrected chi connectivity index (χ2v) is 3.84. The lowest BCUT2D eigenvalue weighted by atomic mass is 10.3. The minimum atomic E-state index is -0.903. The largest absolute Gasteiger partial charge is 0.481 e. The maximum atomic E-state index is 11.7. The van der Waals surface area contributed by atoms with E-state index >= 15 is 0 Å². The fraction of sp³-hybridized carbons (Fsp3) is 0.667. The maximum absolute atomic E-state index is 11.7. The Kier molecular flexibility index (Phi) is 7.61. The van der Waals surface area contributed by atoms with Gasteiger partial charge >= 0.3 is 12.0 Å². The molecule has 0 atom stereocenters. The molecule has 0 aliphatic rings. The maximum Gasteiger partial charge on any atom is 0.317 e. The molecule has 0 fully saturated rings. The van der Waals surface area contributed by atoms with E-state index in [0.717, 1.165) is 0 Å². The first kappa shape index (κ1) is 15.3. The van der Waals surface area contributed by atoms with E-state index in [4.69, 9.17) is 5.11 Å². The zero-order chi connectivity index (χ0) is 13.3. The van der Waals surface area contributed by atoms with Gasteiger partial charge in [0.1, 0.15) is 0 Å². The summed E-state index contributed by atoms with van der Waals surface area (Å²) in [5.74, 6) is 4.68. The molecule has 0 spiro atoms. The average molecular weight is 240 g/mol. The first-order valence-electron chi connectivity index (χ1n) is 5.65. The summed E-state index contributed by atoms with van der Waals surface area (Å²) in [6.07, 6.45) is 0.563. The Hall–Kier alpha value is -1.70. The third-order valence-electron chi connectivity index (χ3n) is 2.15. The third kappa shape index (κ3) is 7.23. The fourth-order valence-electron chi connectivity index (χ4n) is 1.27. The number of hydrogen-bond donors (Lipinski definition) is 2. The standard InChI is InChI=1S/C12H20N2O3/c1-4-5-6-8-13-12(17)14(10(2)3)9-7-11(15)16/h10H,6-9H2,1-3H3,(H,13,17)(H,15,16). The molecule has 0 aromatic heterocycles. The SMILES string of the molecule is CC#CCCNC(=O)N(CCC(=O)O)C(C)C. The Morgan fingerprint density at radius 2 is 2.06 bits per heavy atom. The van der Waals surface area contributed by atoms with Crippen LogP contribution in [-0.2, 0) is 4.79 Å². The van der Waals surface area contributed by atoms with E-state index in [-0.39, 0.29) is 25.0 Å². The molecule has 17 heavy (non-hydrogen) atoms. The lowest BCUT2D eigenvalue weighted by Crippen LogP contribution is -2.45. The number of carbonyl (C=O) groups is 2. The lowest BCUT2D eigenvalue weighted by Gasteiger charge is -2.26. The highest BCUT2D eigenvalue weighted by Crippen LogP contribution is 2.00. The molecular weight excluding hydrogens is 220 g/mol. The van der Waals surface area contributed by atoms with Crippen LogP contribution in [0.2, 0.25) is 0 Å². The summed E-state index contributed by atoms with van der Waals surface area (Å²) < 4.78 is 0. The number of aliphatic carboxylic acids is 1. The Labute approximate surface area is 102 Å². The van der Waals surface area contributed by atoms with Crippen LogP contribution in [0.5, 0.6) is 0 Å². The minimum absolute atomic E-state index is 0.0217. The second-order valence-electron chi connectivity index (χ2n) is 3.84. The van der Waals surface area contributed by atoms with Gasteiger partial charge in [0.25, 0.3) is 0 Å². The van der Waals surface area contributed by atoms with E-state index in [2.05, 4.69) is 17.2 Å². The molecule has 0 aromatic carbocycles. The Bertz CT molecular complexity index is 315. The molecule has 0 saturated heterocycles. The highest BCUT2D eigenvalue weighted by molar-refractivity contribution is 5.75. The Morgan fingerprint density at radius 1 is 1.41 bits per heavy atom. The number of rotatable bonds is 6. The van der Waals surface area contributed by atoms with Crippen LogP contribution >= 0.6 is 0 Å². The van der Waals surface area contributed by atoms with Gasteiger partial charge in [-0.25, -0.2) is 4.79 Å². The van der Waals surface area contributed by atoms with Crippen LogP contribution in [-0.4, -0.2) is 41.1 Å². The van der Waals surface area contributed by atoms with Crippen LogP contribution in [0.25, 0.3) is 0 Å². The number of carboxylic acids is 1. The molecule has 2 N–H and O–H groups in total. The van der Waals surface area contributed by atoms with Gasteiger partial charge in [0, 0.05) is 25.6 Å². The second kappa shape index (κ2) is 8.45. The predicted molar refractivity (Wildman–Crippen MR) is 65.6 cm³/mol. The van der Waals surface area contributed by atoms with Crippen molar-refractivity contribution in [1.29, 1.82) is 0 Å². The third-order valence-corrected chi connectivity index (χ3v) is 2.15. The number of nitrogens with one attached hydrogen (secondary N) is 1. The summed E-state index contributed by atoms with van der Waals surface area (Å²) in [6, 6.07) is -0.259. The van der Waals surface area contributed by atoms with Crippen molar-refractivity contribution in [2.75, 3.05) is 13.1 Å². The summed E-state index contributed by atoms with van der Waals surface area (Å²) in [4.78, 5) is 23.7. The number of nitrogens with zero attached hydrogens (tertiary/aromatic N) is 1. The van der Waals surface area contributed by atoms with Crippen molar-refractivity contribution in [2.24, 2.45) is 0 Å². The lowest BCUT2D eigenvalue weighted by molar-refractivity contribution is -0.137. The molecule has 0 rings (SSSR count). The molecule has 5 heteroatoms. The molecule has 0 aromatic rings. The summed E-state index contributed by atoms with van der Waals surface area (Å²) in [5, 5.41) is 11.3. The van der Waals surface area contributed by atoms with Gasteiger partial charge in [-0.15, -0.1) is 11.8 Å².